The molecule has 7 heteroatoms. The minimum Gasteiger partial charge on any atom is -0.494 e. The fourth-order valence-corrected chi connectivity index (χ4v) is 2.86. The van der Waals surface area contributed by atoms with Gasteiger partial charge in [0.15, 0.2) is 11.6 Å². The van der Waals surface area contributed by atoms with Crippen LogP contribution in [0.2, 0.25) is 0 Å². The summed E-state index contributed by atoms with van der Waals surface area (Å²) in [6.07, 6.45) is 0. The molecular formula is C14H12BrFN2O2S. The number of nitrogens with zero attached hydrogens (tertiary/aromatic N) is 1. The molecule has 4 nitrogen and oxygen atoms in total. The summed E-state index contributed by atoms with van der Waals surface area (Å²) in [7, 11) is 1.40. The van der Waals surface area contributed by atoms with Gasteiger partial charge in [-0.05, 0) is 53.2 Å². The van der Waals surface area contributed by atoms with E-state index in [2.05, 4.69) is 26.5 Å². The lowest BCUT2D eigenvalue weighted by Crippen LogP contribution is -2.18. The molecular weight excluding hydrogens is 359 g/mol. The van der Waals surface area contributed by atoms with Crippen molar-refractivity contribution in [3.63, 3.8) is 0 Å². The third kappa shape index (κ3) is 3.89. The van der Waals surface area contributed by atoms with Crippen molar-refractivity contribution in [3.8, 4) is 5.75 Å². The van der Waals surface area contributed by atoms with Crippen molar-refractivity contribution in [2.24, 2.45) is 5.10 Å². The van der Waals surface area contributed by atoms with Gasteiger partial charge in [0.25, 0.3) is 5.91 Å². The molecule has 21 heavy (non-hydrogen) atoms. The lowest BCUT2D eigenvalue weighted by Gasteiger charge is -2.05. The average molecular weight is 371 g/mol. The van der Waals surface area contributed by atoms with E-state index in [9.17, 15) is 9.18 Å². The molecule has 0 aliphatic rings. The predicted octanol–water partition coefficient (Wildman–Crippen LogP) is 3.81. The first-order chi connectivity index (χ1) is 10.0. The topological polar surface area (TPSA) is 50.7 Å². The van der Waals surface area contributed by atoms with E-state index in [1.165, 1.54) is 30.6 Å². The van der Waals surface area contributed by atoms with Gasteiger partial charge in [0.2, 0.25) is 0 Å². The van der Waals surface area contributed by atoms with Gasteiger partial charge in [-0.25, -0.2) is 9.82 Å². The van der Waals surface area contributed by atoms with Crippen molar-refractivity contribution in [3.05, 3.63) is 50.4 Å². The molecule has 0 aliphatic heterocycles. The summed E-state index contributed by atoms with van der Waals surface area (Å²) in [6, 6.07) is 7.99. The van der Waals surface area contributed by atoms with Crippen LogP contribution >= 0.6 is 27.3 Å². The summed E-state index contributed by atoms with van der Waals surface area (Å²) < 4.78 is 19.3. The monoisotopic (exact) mass is 370 g/mol. The number of carbonyl (C=O) groups excluding carboxylic acids is 1. The molecule has 0 unspecified atom stereocenters. The Kier molecular flexibility index (Phi) is 5.08. The summed E-state index contributed by atoms with van der Waals surface area (Å²) in [6.45, 7) is 1.69. The van der Waals surface area contributed by atoms with Crippen LogP contribution < -0.4 is 10.2 Å². The van der Waals surface area contributed by atoms with Gasteiger partial charge in [0.05, 0.1) is 21.5 Å². The van der Waals surface area contributed by atoms with E-state index in [1.807, 2.05) is 0 Å². The maximum atomic E-state index is 13.6. The van der Waals surface area contributed by atoms with Crippen molar-refractivity contribution < 1.29 is 13.9 Å². The highest BCUT2D eigenvalue weighted by Crippen LogP contribution is 2.22. The maximum absolute atomic E-state index is 13.6. The second-order valence-electron chi connectivity index (χ2n) is 4.09. The van der Waals surface area contributed by atoms with Crippen molar-refractivity contribution in [2.45, 2.75) is 6.92 Å². The molecule has 1 aromatic heterocycles. The molecule has 1 amide bonds. The van der Waals surface area contributed by atoms with Crippen LogP contribution in [-0.4, -0.2) is 18.7 Å². The number of hydrazone groups is 1. The molecule has 0 aliphatic carbocycles. The normalized spacial score (nSPS) is 11.3. The lowest BCUT2D eigenvalue weighted by molar-refractivity contribution is 0.0959. The van der Waals surface area contributed by atoms with E-state index in [-0.39, 0.29) is 11.7 Å². The van der Waals surface area contributed by atoms with E-state index in [0.717, 1.165) is 3.79 Å². The summed E-state index contributed by atoms with van der Waals surface area (Å²) in [5.74, 6) is -0.615. The number of amides is 1. The number of halogens is 2. The molecule has 1 N–H and O–H groups in total. The van der Waals surface area contributed by atoms with E-state index < -0.39 is 5.82 Å². The fraction of sp³-hybridized carbons (Fsp3) is 0.143. The fourth-order valence-electron chi connectivity index (χ4n) is 1.58. The van der Waals surface area contributed by atoms with Crippen molar-refractivity contribution in [1.29, 1.82) is 0 Å². The number of rotatable bonds is 4. The second-order valence-corrected chi connectivity index (χ2v) is 6.55. The lowest BCUT2D eigenvalue weighted by atomic mass is 10.1. The Hall–Kier alpha value is -1.73. The highest BCUT2D eigenvalue weighted by atomic mass is 79.9. The predicted molar refractivity (Wildman–Crippen MR) is 84.6 cm³/mol. The first-order valence-corrected chi connectivity index (χ1v) is 7.56. The Morgan fingerprint density at radius 2 is 2.14 bits per heavy atom. The van der Waals surface area contributed by atoms with Crippen LogP contribution in [0.15, 0.2) is 39.2 Å². The Morgan fingerprint density at radius 3 is 2.71 bits per heavy atom. The highest BCUT2D eigenvalue weighted by Gasteiger charge is 2.09. The Balaban J connectivity index is 2.10. The standard InChI is InChI=1S/C14H12BrFN2O2S/c1-8(9-3-4-11(20-2)10(16)7-9)17-18-14(19)12-5-6-13(15)21-12/h3-7H,1-2H3,(H,18,19)/b17-8-. The van der Waals surface area contributed by atoms with Gasteiger partial charge >= 0.3 is 0 Å². The zero-order valence-electron chi connectivity index (χ0n) is 11.3. The minimum absolute atomic E-state index is 0.166. The molecule has 0 saturated heterocycles. The number of thiophene rings is 1. The van der Waals surface area contributed by atoms with Gasteiger partial charge < -0.3 is 4.74 Å². The third-order valence-corrected chi connectivity index (χ3v) is 4.31. The van der Waals surface area contributed by atoms with E-state index in [1.54, 1.807) is 25.1 Å². The maximum Gasteiger partial charge on any atom is 0.281 e. The number of benzene rings is 1. The first kappa shape index (κ1) is 15.7. The average Bonchev–Trinajstić information content (AvgIpc) is 2.91. The second kappa shape index (κ2) is 6.82. The first-order valence-electron chi connectivity index (χ1n) is 5.95. The summed E-state index contributed by atoms with van der Waals surface area (Å²) in [5.41, 5.74) is 3.51. The molecule has 0 spiro atoms. The van der Waals surface area contributed by atoms with E-state index in [0.29, 0.717) is 16.2 Å². The molecule has 110 valence electrons. The van der Waals surface area contributed by atoms with E-state index in [4.69, 9.17) is 4.74 Å². The minimum atomic E-state index is -0.474. The summed E-state index contributed by atoms with van der Waals surface area (Å²) >= 11 is 4.60. The molecule has 1 aromatic carbocycles. The number of hydrogen-bond acceptors (Lipinski definition) is 4. The quantitative estimate of drug-likeness (QED) is 0.656. The molecule has 1 heterocycles. The van der Waals surface area contributed by atoms with Gasteiger partial charge in [-0.2, -0.15) is 5.10 Å². The summed E-state index contributed by atoms with van der Waals surface area (Å²) in [4.78, 5) is 12.4. The zero-order chi connectivity index (χ0) is 15.4. The summed E-state index contributed by atoms with van der Waals surface area (Å²) in [5, 5.41) is 3.98. The van der Waals surface area contributed by atoms with Gasteiger partial charge in [0, 0.05) is 5.56 Å². The molecule has 0 fully saturated rings. The van der Waals surface area contributed by atoms with Crippen LogP contribution in [0.5, 0.6) is 5.75 Å². The molecule has 0 bridgehead atoms. The SMILES string of the molecule is COc1ccc(/C(C)=N\NC(=O)c2ccc(Br)s2)cc1F. The number of carbonyl (C=O) groups is 1. The number of hydrogen-bond donors (Lipinski definition) is 1. The highest BCUT2D eigenvalue weighted by molar-refractivity contribution is 9.11. The molecule has 2 aromatic rings. The van der Waals surface area contributed by atoms with Gasteiger partial charge in [-0.3, -0.25) is 4.79 Å². The smallest absolute Gasteiger partial charge is 0.281 e. The Morgan fingerprint density at radius 1 is 1.38 bits per heavy atom. The number of nitrogens with one attached hydrogen (secondary N) is 1. The Bertz CT molecular complexity index is 700. The van der Waals surface area contributed by atoms with Crippen LogP contribution in [0, 0.1) is 5.82 Å². The number of methoxy groups -OCH3 is 1. The largest absolute Gasteiger partial charge is 0.494 e. The van der Waals surface area contributed by atoms with Crippen LogP contribution in [0.3, 0.4) is 0 Å². The van der Waals surface area contributed by atoms with Crippen molar-refractivity contribution >= 4 is 38.9 Å². The Labute approximate surface area is 133 Å². The molecule has 0 saturated carbocycles. The molecule has 0 atom stereocenters. The number of ether oxygens (including phenoxy) is 1. The van der Waals surface area contributed by atoms with Crippen molar-refractivity contribution in [1.82, 2.24) is 5.43 Å². The van der Waals surface area contributed by atoms with Crippen LogP contribution in [0.25, 0.3) is 0 Å². The van der Waals surface area contributed by atoms with Gasteiger partial charge in [-0.15, -0.1) is 11.3 Å². The molecule has 2 rings (SSSR count). The van der Waals surface area contributed by atoms with Gasteiger partial charge in [0.1, 0.15) is 0 Å². The van der Waals surface area contributed by atoms with Crippen LogP contribution in [0.1, 0.15) is 22.2 Å². The molecule has 0 radical (unpaired) electrons. The van der Waals surface area contributed by atoms with Gasteiger partial charge in [-0.1, -0.05) is 0 Å². The van der Waals surface area contributed by atoms with Crippen molar-refractivity contribution in [2.75, 3.05) is 7.11 Å². The third-order valence-electron chi connectivity index (χ3n) is 2.69. The van der Waals surface area contributed by atoms with Crippen LogP contribution in [0.4, 0.5) is 4.39 Å². The zero-order valence-corrected chi connectivity index (χ0v) is 13.7. The van der Waals surface area contributed by atoms with Crippen LogP contribution in [-0.2, 0) is 0 Å². The van der Waals surface area contributed by atoms with E-state index >= 15 is 0 Å².